The summed E-state index contributed by atoms with van der Waals surface area (Å²) in [6.07, 6.45) is 0.616. The van der Waals surface area contributed by atoms with Crippen LogP contribution in [0.4, 0.5) is 4.39 Å². The fourth-order valence-corrected chi connectivity index (χ4v) is 2.28. The molecule has 0 aliphatic heterocycles. The molecule has 0 aliphatic rings. The summed E-state index contributed by atoms with van der Waals surface area (Å²) < 4.78 is 18.0. The van der Waals surface area contributed by atoms with Gasteiger partial charge < -0.3 is 10.3 Å². The second kappa shape index (κ2) is 6.07. The Morgan fingerprint density at radius 3 is 2.18 bits per heavy atom. The lowest BCUT2D eigenvalue weighted by Crippen LogP contribution is -2.13. The Hall–Kier alpha value is -2.53. The summed E-state index contributed by atoms with van der Waals surface area (Å²) in [6.45, 7) is 1.76. The van der Waals surface area contributed by atoms with Gasteiger partial charge in [0.2, 0.25) is 5.89 Å². The fraction of sp³-hybridized carbons (Fsp3) is 0.176. The predicted octanol–water partition coefficient (Wildman–Crippen LogP) is 3.43. The summed E-state index contributed by atoms with van der Waals surface area (Å²) in [5.41, 5.74) is 9.16. The molecule has 22 heavy (non-hydrogen) atoms. The SMILES string of the molecule is Cc1noc([C@H](N)Cc2ccc(-c3ccc(F)cc3)cc2)n1. The zero-order chi connectivity index (χ0) is 15.5. The van der Waals surface area contributed by atoms with Crippen molar-refractivity contribution in [2.45, 2.75) is 19.4 Å². The van der Waals surface area contributed by atoms with Gasteiger partial charge in [-0.3, -0.25) is 0 Å². The van der Waals surface area contributed by atoms with Gasteiger partial charge in [-0.15, -0.1) is 0 Å². The van der Waals surface area contributed by atoms with Gasteiger partial charge in [0.15, 0.2) is 5.82 Å². The second-order valence-corrected chi connectivity index (χ2v) is 5.19. The Kier molecular flexibility index (Phi) is 3.98. The van der Waals surface area contributed by atoms with E-state index in [-0.39, 0.29) is 11.9 Å². The summed E-state index contributed by atoms with van der Waals surface area (Å²) in [7, 11) is 0. The molecule has 0 bridgehead atoms. The van der Waals surface area contributed by atoms with E-state index in [0.717, 1.165) is 16.7 Å². The number of hydrogen-bond donors (Lipinski definition) is 1. The van der Waals surface area contributed by atoms with Crippen molar-refractivity contribution in [3.63, 3.8) is 0 Å². The van der Waals surface area contributed by atoms with E-state index in [1.54, 1.807) is 19.1 Å². The molecule has 0 saturated heterocycles. The van der Waals surface area contributed by atoms with Crippen molar-refractivity contribution in [3.8, 4) is 11.1 Å². The lowest BCUT2D eigenvalue weighted by molar-refractivity contribution is 0.351. The second-order valence-electron chi connectivity index (χ2n) is 5.19. The van der Waals surface area contributed by atoms with Gasteiger partial charge in [-0.2, -0.15) is 4.98 Å². The molecule has 0 spiro atoms. The van der Waals surface area contributed by atoms with Gasteiger partial charge in [-0.1, -0.05) is 41.6 Å². The highest BCUT2D eigenvalue weighted by Gasteiger charge is 2.14. The topological polar surface area (TPSA) is 64.9 Å². The van der Waals surface area contributed by atoms with Crippen molar-refractivity contribution in [2.24, 2.45) is 5.73 Å². The van der Waals surface area contributed by atoms with Gasteiger partial charge >= 0.3 is 0 Å². The standard InChI is InChI=1S/C17H16FN3O/c1-11-20-17(22-21-11)16(19)10-12-2-4-13(5-3-12)14-6-8-15(18)9-7-14/h2-9,16H,10,19H2,1H3/t16-/m1/s1. The first kappa shape index (κ1) is 14.4. The maximum absolute atomic E-state index is 12.9. The Morgan fingerprint density at radius 1 is 1.05 bits per heavy atom. The van der Waals surface area contributed by atoms with Crippen molar-refractivity contribution < 1.29 is 8.91 Å². The molecule has 0 fully saturated rings. The molecule has 1 atom stereocenters. The van der Waals surface area contributed by atoms with Crippen LogP contribution in [0, 0.1) is 12.7 Å². The molecular formula is C17H16FN3O. The first-order chi connectivity index (χ1) is 10.6. The zero-order valence-corrected chi connectivity index (χ0v) is 12.2. The lowest BCUT2D eigenvalue weighted by atomic mass is 10.0. The first-order valence-corrected chi connectivity index (χ1v) is 7.02. The van der Waals surface area contributed by atoms with Crippen LogP contribution in [0.5, 0.6) is 0 Å². The van der Waals surface area contributed by atoms with Crippen LogP contribution in [0.15, 0.2) is 53.1 Å². The molecule has 4 nitrogen and oxygen atoms in total. The van der Waals surface area contributed by atoms with Crippen LogP contribution in [-0.2, 0) is 6.42 Å². The Morgan fingerprint density at radius 2 is 1.64 bits per heavy atom. The summed E-state index contributed by atoms with van der Waals surface area (Å²) >= 11 is 0. The number of aromatic nitrogens is 2. The minimum absolute atomic E-state index is 0.235. The Bertz CT molecular complexity index is 750. The third-order valence-electron chi connectivity index (χ3n) is 3.45. The van der Waals surface area contributed by atoms with Crippen LogP contribution in [0.1, 0.15) is 23.3 Å². The van der Waals surface area contributed by atoms with Crippen molar-refractivity contribution in [3.05, 3.63) is 71.6 Å². The molecule has 0 amide bonds. The average Bonchev–Trinajstić information content (AvgIpc) is 2.96. The number of hydrogen-bond acceptors (Lipinski definition) is 4. The van der Waals surface area contributed by atoms with E-state index >= 15 is 0 Å². The number of aryl methyl sites for hydroxylation is 1. The van der Waals surface area contributed by atoms with Crippen molar-refractivity contribution in [1.82, 2.24) is 10.1 Å². The predicted molar refractivity (Wildman–Crippen MR) is 81.5 cm³/mol. The summed E-state index contributed by atoms with van der Waals surface area (Å²) in [4.78, 5) is 4.14. The summed E-state index contributed by atoms with van der Waals surface area (Å²) in [6, 6.07) is 14.1. The lowest BCUT2D eigenvalue weighted by Gasteiger charge is -2.08. The maximum atomic E-state index is 12.9. The molecule has 3 rings (SSSR count). The van der Waals surface area contributed by atoms with Crippen molar-refractivity contribution in [1.29, 1.82) is 0 Å². The Balaban J connectivity index is 1.72. The number of nitrogens with zero attached hydrogens (tertiary/aromatic N) is 2. The highest BCUT2D eigenvalue weighted by molar-refractivity contribution is 5.63. The molecule has 112 valence electrons. The largest absolute Gasteiger partial charge is 0.338 e. The van der Waals surface area contributed by atoms with Crippen molar-refractivity contribution in [2.75, 3.05) is 0 Å². The van der Waals surface area contributed by atoms with E-state index in [2.05, 4.69) is 10.1 Å². The quantitative estimate of drug-likeness (QED) is 0.801. The molecule has 2 N–H and O–H groups in total. The number of rotatable bonds is 4. The smallest absolute Gasteiger partial charge is 0.243 e. The van der Waals surface area contributed by atoms with Crippen LogP contribution in [0.25, 0.3) is 11.1 Å². The maximum Gasteiger partial charge on any atom is 0.243 e. The fourth-order valence-electron chi connectivity index (χ4n) is 2.28. The first-order valence-electron chi connectivity index (χ1n) is 7.02. The average molecular weight is 297 g/mol. The van der Waals surface area contributed by atoms with Crippen LogP contribution < -0.4 is 5.73 Å². The van der Waals surface area contributed by atoms with E-state index in [1.165, 1.54) is 12.1 Å². The van der Waals surface area contributed by atoms with Crippen molar-refractivity contribution >= 4 is 0 Å². The third kappa shape index (κ3) is 3.20. The van der Waals surface area contributed by atoms with Gasteiger partial charge in [0.25, 0.3) is 0 Å². The summed E-state index contributed by atoms with van der Waals surface area (Å²) in [5, 5.41) is 3.74. The monoisotopic (exact) mass is 297 g/mol. The van der Waals surface area contributed by atoms with Crippen LogP contribution >= 0.6 is 0 Å². The highest BCUT2D eigenvalue weighted by Crippen LogP contribution is 2.22. The van der Waals surface area contributed by atoms with E-state index in [9.17, 15) is 4.39 Å². The molecule has 1 aromatic heterocycles. The van der Waals surface area contributed by atoms with Crippen LogP contribution in [0.3, 0.4) is 0 Å². The molecule has 1 heterocycles. The third-order valence-corrected chi connectivity index (χ3v) is 3.45. The minimum Gasteiger partial charge on any atom is -0.338 e. The molecule has 0 saturated carbocycles. The number of halogens is 1. The van der Waals surface area contributed by atoms with Gasteiger partial charge in [-0.05, 0) is 42.2 Å². The van der Waals surface area contributed by atoms with E-state index in [4.69, 9.17) is 10.3 Å². The molecule has 5 heteroatoms. The van der Waals surface area contributed by atoms with Crippen LogP contribution in [0.2, 0.25) is 0 Å². The van der Waals surface area contributed by atoms with Crippen LogP contribution in [-0.4, -0.2) is 10.1 Å². The van der Waals surface area contributed by atoms with Gasteiger partial charge in [0.1, 0.15) is 5.82 Å². The summed E-state index contributed by atoms with van der Waals surface area (Å²) in [5.74, 6) is 0.790. The zero-order valence-electron chi connectivity index (χ0n) is 12.2. The normalized spacial score (nSPS) is 12.3. The Labute approximate surface area is 127 Å². The molecule has 0 unspecified atom stereocenters. The molecular weight excluding hydrogens is 281 g/mol. The van der Waals surface area contributed by atoms with E-state index in [0.29, 0.717) is 18.1 Å². The molecule has 0 radical (unpaired) electrons. The minimum atomic E-state index is -0.321. The van der Waals surface area contributed by atoms with Gasteiger partial charge in [-0.25, -0.2) is 4.39 Å². The van der Waals surface area contributed by atoms with Gasteiger partial charge in [0, 0.05) is 0 Å². The van der Waals surface area contributed by atoms with E-state index < -0.39 is 0 Å². The number of nitrogens with two attached hydrogens (primary N) is 1. The molecule has 0 aliphatic carbocycles. The van der Waals surface area contributed by atoms with Gasteiger partial charge in [0.05, 0.1) is 6.04 Å². The van der Waals surface area contributed by atoms with E-state index in [1.807, 2.05) is 24.3 Å². The highest BCUT2D eigenvalue weighted by atomic mass is 19.1. The number of benzene rings is 2. The molecule has 3 aromatic rings. The molecule has 2 aromatic carbocycles.